The minimum absolute atomic E-state index is 0.0555. The Morgan fingerprint density at radius 2 is 2.25 bits per heavy atom. The van der Waals surface area contributed by atoms with Gasteiger partial charge in [0.1, 0.15) is 16.8 Å². The Kier molecular flexibility index (Phi) is 4.39. The molecule has 8 heteroatoms. The lowest BCUT2D eigenvalue weighted by molar-refractivity contribution is 0.580. The molecular formula is C12H11ClN4O2S. The zero-order valence-electron chi connectivity index (χ0n) is 10.3. The lowest BCUT2D eigenvalue weighted by atomic mass is 10.2. The van der Waals surface area contributed by atoms with Gasteiger partial charge in [0, 0.05) is 30.4 Å². The fourth-order valence-corrected chi connectivity index (χ4v) is 3.08. The summed E-state index contributed by atoms with van der Waals surface area (Å²) in [7, 11) is -3.78. The summed E-state index contributed by atoms with van der Waals surface area (Å²) in [5.41, 5.74) is 0.0555. The number of imidazole rings is 1. The second-order valence-corrected chi connectivity index (χ2v) is 6.11. The van der Waals surface area contributed by atoms with Crippen LogP contribution in [0.1, 0.15) is 11.4 Å². The van der Waals surface area contributed by atoms with Crippen LogP contribution in [-0.2, 0) is 16.4 Å². The van der Waals surface area contributed by atoms with Crippen LogP contribution >= 0.6 is 11.6 Å². The number of aromatic amines is 1. The van der Waals surface area contributed by atoms with E-state index in [1.807, 2.05) is 6.07 Å². The Hall–Kier alpha value is -1.88. The van der Waals surface area contributed by atoms with E-state index in [9.17, 15) is 8.42 Å². The highest BCUT2D eigenvalue weighted by Crippen LogP contribution is 2.20. The molecular weight excluding hydrogens is 300 g/mol. The van der Waals surface area contributed by atoms with Crippen LogP contribution in [0.25, 0.3) is 0 Å². The Bertz CT molecular complexity index is 735. The third kappa shape index (κ3) is 3.36. The number of hydrogen-bond acceptors (Lipinski definition) is 4. The minimum Gasteiger partial charge on any atom is -0.349 e. The fourth-order valence-electron chi connectivity index (χ4n) is 1.63. The third-order valence-electron chi connectivity index (χ3n) is 2.56. The van der Waals surface area contributed by atoms with Crippen molar-refractivity contribution in [1.29, 1.82) is 5.26 Å². The van der Waals surface area contributed by atoms with E-state index < -0.39 is 10.0 Å². The molecule has 0 amide bonds. The monoisotopic (exact) mass is 310 g/mol. The minimum atomic E-state index is -3.78. The van der Waals surface area contributed by atoms with Gasteiger partial charge in [-0.15, -0.1) is 0 Å². The van der Waals surface area contributed by atoms with Crippen LogP contribution < -0.4 is 4.72 Å². The second kappa shape index (κ2) is 6.05. The smallest absolute Gasteiger partial charge is 0.241 e. The quantitative estimate of drug-likeness (QED) is 0.873. The van der Waals surface area contributed by atoms with Crippen LogP contribution in [0.3, 0.4) is 0 Å². The van der Waals surface area contributed by atoms with Crippen LogP contribution in [-0.4, -0.2) is 24.9 Å². The summed E-state index contributed by atoms with van der Waals surface area (Å²) < 4.78 is 26.7. The largest absolute Gasteiger partial charge is 0.349 e. The first kappa shape index (κ1) is 14.5. The van der Waals surface area contributed by atoms with Crippen molar-refractivity contribution in [1.82, 2.24) is 14.7 Å². The molecule has 0 radical (unpaired) electrons. The molecule has 0 aliphatic heterocycles. The summed E-state index contributed by atoms with van der Waals surface area (Å²) in [6.07, 6.45) is 3.68. The molecule has 1 aromatic carbocycles. The van der Waals surface area contributed by atoms with Crippen molar-refractivity contribution in [3.05, 3.63) is 47.0 Å². The van der Waals surface area contributed by atoms with Gasteiger partial charge in [0.25, 0.3) is 0 Å². The first-order valence-electron chi connectivity index (χ1n) is 5.70. The van der Waals surface area contributed by atoms with E-state index >= 15 is 0 Å². The molecule has 0 atom stereocenters. The van der Waals surface area contributed by atoms with Crippen LogP contribution in [0.15, 0.2) is 35.5 Å². The molecule has 0 fully saturated rings. The standard InChI is InChI=1S/C12H11ClN4O2S/c13-10-2-1-9(8-14)11(7-10)20(18,19)17-4-3-12-15-5-6-16-12/h1-2,5-7,17H,3-4H2,(H,15,16). The number of nitrogens with one attached hydrogen (secondary N) is 2. The molecule has 20 heavy (non-hydrogen) atoms. The first-order valence-corrected chi connectivity index (χ1v) is 7.56. The summed E-state index contributed by atoms with van der Waals surface area (Å²) in [6.45, 7) is 0.174. The number of H-pyrrole nitrogens is 1. The van der Waals surface area contributed by atoms with Crippen molar-refractivity contribution in [2.45, 2.75) is 11.3 Å². The van der Waals surface area contributed by atoms with Crippen LogP contribution in [0, 0.1) is 11.3 Å². The maximum Gasteiger partial charge on any atom is 0.241 e. The predicted octanol–water partition coefficient (Wildman–Crippen LogP) is 1.46. The van der Waals surface area contributed by atoms with Gasteiger partial charge in [-0.3, -0.25) is 0 Å². The highest BCUT2D eigenvalue weighted by atomic mass is 35.5. The summed E-state index contributed by atoms with van der Waals surface area (Å²) >= 11 is 5.78. The molecule has 0 saturated carbocycles. The van der Waals surface area contributed by atoms with Gasteiger partial charge in [-0.05, 0) is 18.2 Å². The van der Waals surface area contributed by atoms with Crippen molar-refractivity contribution in [3.8, 4) is 6.07 Å². The van der Waals surface area contributed by atoms with Gasteiger partial charge < -0.3 is 4.98 Å². The second-order valence-electron chi connectivity index (χ2n) is 3.94. The summed E-state index contributed by atoms with van der Waals surface area (Å²) in [4.78, 5) is 6.75. The molecule has 0 unspecified atom stereocenters. The molecule has 0 saturated heterocycles. The maximum atomic E-state index is 12.1. The molecule has 1 heterocycles. The molecule has 1 aromatic heterocycles. The van der Waals surface area contributed by atoms with E-state index in [-0.39, 0.29) is 22.0 Å². The average molecular weight is 311 g/mol. The number of nitrogens with zero attached hydrogens (tertiary/aromatic N) is 2. The van der Waals surface area contributed by atoms with Gasteiger partial charge in [-0.1, -0.05) is 11.6 Å². The number of benzene rings is 1. The molecule has 2 aromatic rings. The lowest BCUT2D eigenvalue weighted by Crippen LogP contribution is -2.27. The van der Waals surface area contributed by atoms with Crippen LogP contribution in [0.4, 0.5) is 0 Å². The normalized spacial score (nSPS) is 11.2. The number of nitriles is 1. The Balaban J connectivity index is 2.14. The third-order valence-corrected chi connectivity index (χ3v) is 4.30. The highest BCUT2D eigenvalue weighted by molar-refractivity contribution is 7.89. The Morgan fingerprint density at radius 3 is 2.90 bits per heavy atom. The number of sulfonamides is 1. The zero-order valence-corrected chi connectivity index (χ0v) is 11.9. The SMILES string of the molecule is N#Cc1ccc(Cl)cc1S(=O)(=O)NCCc1ncc[nH]1. The molecule has 2 N–H and O–H groups in total. The number of aromatic nitrogens is 2. The molecule has 2 rings (SSSR count). The van der Waals surface area contributed by atoms with E-state index in [2.05, 4.69) is 14.7 Å². The average Bonchev–Trinajstić information content (AvgIpc) is 2.91. The van der Waals surface area contributed by atoms with Gasteiger partial charge in [-0.2, -0.15) is 5.26 Å². The van der Waals surface area contributed by atoms with Crippen molar-refractivity contribution in [2.24, 2.45) is 0 Å². The summed E-state index contributed by atoms with van der Waals surface area (Å²) in [5, 5.41) is 9.21. The Labute approximate surface area is 121 Å². The van der Waals surface area contributed by atoms with E-state index in [0.717, 1.165) is 0 Å². The molecule has 0 bridgehead atoms. The molecule has 0 aliphatic carbocycles. The Morgan fingerprint density at radius 1 is 1.45 bits per heavy atom. The van der Waals surface area contributed by atoms with Crippen LogP contribution in [0.2, 0.25) is 5.02 Å². The first-order chi connectivity index (χ1) is 9.53. The zero-order chi connectivity index (χ0) is 14.6. The van der Waals surface area contributed by atoms with Gasteiger partial charge in [0.2, 0.25) is 10.0 Å². The number of halogens is 1. The van der Waals surface area contributed by atoms with E-state index in [4.69, 9.17) is 16.9 Å². The fraction of sp³-hybridized carbons (Fsp3) is 0.167. The van der Waals surface area contributed by atoms with E-state index in [1.54, 1.807) is 12.4 Å². The van der Waals surface area contributed by atoms with Gasteiger partial charge in [0.05, 0.1) is 5.56 Å². The van der Waals surface area contributed by atoms with Crippen molar-refractivity contribution in [2.75, 3.05) is 6.54 Å². The highest BCUT2D eigenvalue weighted by Gasteiger charge is 2.18. The van der Waals surface area contributed by atoms with E-state index in [0.29, 0.717) is 12.2 Å². The van der Waals surface area contributed by atoms with E-state index in [1.165, 1.54) is 18.2 Å². The lowest BCUT2D eigenvalue weighted by Gasteiger charge is -2.08. The summed E-state index contributed by atoms with van der Waals surface area (Å²) in [5.74, 6) is 0.680. The van der Waals surface area contributed by atoms with Gasteiger partial charge >= 0.3 is 0 Å². The molecule has 0 aliphatic rings. The summed E-state index contributed by atoms with van der Waals surface area (Å²) in [6, 6.07) is 5.95. The van der Waals surface area contributed by atoms with Gasteiger partial charge in [0.15, 0.2) is 0 Å². The predicted molar refractivity (Wildman–Crippen MR) is 73.6 cm³/mol. The number of rotatable bonds is 5. The van der Waals surface area contributed by atoms with Crippen LogP contribution in [0.5, 0.6) is 0 Å². The molecule has 6 nitrogen and oxygen atoms in total. The topological polar surface area (TPSA) is 98.6 Å². The van der Waals surface area contributed by atoms with Crippen molar-refractivity contribution in [3.63, 3.8) is 0 Å². The van der Waals surface area contributed by atoms with Crippen molar-refractivity contribution >= 4 is 21.6 Å². The molecule has 0 spiro atoms. The van der Waals surface area contributed by atoms with Crippen molar-refractivity contribution < 1.29 is 8.42 Å². The molecule has 104 valence electrons. The maximum absolute atomic E-state index is 12.1. The number of hydrogen-bond donors (Lipinski definition) is 2. The van der Waals surface area contributed by atoms with Gasteiger partial charge in [-0.25, -0.2) is 18.1 Å².